The Labute approximate surface area is 241 Å². The van der Waals surface area contributed by atoms with Crippen molar-refractivity contribution in [2.45, 2.75) is 25.2 Å². The monoisotopic (exact) mass is 581 g/mol. The van der Waals surface area contributed by atoms with Gasteiger partial charge in [0.1, 0.15) is 5.69 Å². The fourth-order valence-electron chi connectivity index (χ4n) is 5.51. The molecule has 2 aromatic heterocycles. The molecule has 7 nitrogen and oxygen atoms in total. The molecule has 2 aliphatic heterocycles. The number of nitrogens with one attached hydrogen (secondary N) is 1. The number of hydrogen-bond donors (Lipinski definition) is 1. The minimum absolute atomic E-state index is 0.0161. The molecule has 0 atom stereocenters. The third-order valence-corrected chi connectivity index (χ3v) is 9.54. The summed E-state index contributed by atoms with van der Waals surface area (Å²) in [5.74, 6) is 0.422. The Morgan fingerprint density at radius 2 is 1.72 bits per heavy atom. The van der Waals surface area contributed by atoms with Gasteiger partial charge in [-0.2, -0.15) is 0 Å². The minimum atomic E-state index is -0.0161. The van der Waals surface area contributed by atoms with Gasteiger partial charge in [-0.1, -0.05) is 41.4 Å². The van der Waals surface area contributed by atoms with Crippen molar-refractivity contribution >= 4 is 62.9 Å². The molecule has 2 aliphatic rings. The summed E-state index contributed by atoms with van der Waals surface area (Å²) >= 11 is 13.8. The van der Waals surface area contributed by atoms with Crippen molar-refractivity contribution in [2.24, 2.45) is 0 Å². The van der Waals surface area contributed by atoms with Gasteiger partial charge in [0.05, 0.1) is 21.5 Å². The zero-order chi connectivity index (χ0) is 26.9. The average Bonchev–Trinajstić information content (AvgIpc) is 3.62. The van der Waals surface area contributed by atoms with E-state index >= 15 is 0 Å². The lowest BCUT2D eigenvalue weighted by atomic mass is 9.97. The summed E-state index contributed by atoms with van der Waals surface area (Å²) in [6, 6.07) is 13.7. The lowest BCUT2D eigenvalue weighted by Crippen LogP contribution is -2.48. The largest absolute Gasteiger partial charge is 0.368 e. The zero-order valence-electron chi connectivity index (χ0n) is 21.4. The van der Waals surface area contributed by atoms with E-state index in [0.717, 1.165) is 53.1 Å². The van der Waals surface area contributed by atoms with Gasteiger partial charge in [0.2, 0.25) is 5.91 Å². The number of H-pyrrole nitrogens is 1. The molecule has 0 aliphatic carbocycles. The molecular formula is C29H29Cl2N5O2S. The van der Waals surface area contributed by atoms with E-state index in [2.05, 4.69) is 16.0 Å². The number of piperidine rings is 1. The number of rotatable bonds is 5. The maximum absolute atomic E-state index is 13.2. The van der Waals surface area contributed by atoms with Gasteiger partial charge in [0.25, 0.3) is 5.91 Å². The van der Waals surface area contributed by atoms with Crippen molar-refractivity contribution in [1.82, 2.24) is 19.8 Å². The maximum Gasteiger partial charge on any atom is 0.273 e. The summed E-state index contributed by atoms with van der Waals surface area (Å²) in [5.41, 5.74) is 3.63. The van der Waals surface area contributed by atoms with Crippen LogP contribution in [-0.2, 0) is 11.2 Å². The molecule has 2 amide bonds. The van der Waals surface area contributed by atoms with Crippen LogP contribution in [0.15, 0.2) is 54.0 Å². The molecule has 2 saturated heterocycles. The van der Waals surface area contributed by atoms with Crippen LogP contribution in [0.4, 0.5) is 5.69 Å². The van der Waals surface area contributed by atoms with Crippen molar-refractivity contribution in [1.29, 1.82) is 0 Å². The fraction of sp³-hybridized carbons (Fsp3) is 0.345. The lowest BCUT2D eigenvalue weighted by molar-refractivity contribution is -0.131. The number of piperazine rings is 1. The van der Waals surface area contributed by atoms with Crippen LogP contribution in [0.25, 0.3) is 10.9 Å². The number of carbonyl (C=O) groups excluding carboxylic acids is 2. The van der Waals surface area contributed by atoms with E-state index in [9.17, 15) is 9.59 Å². The normalized spacial score (nSPS) is 16.7. The second-order valence-corrected chi connectivity index (χ2v) is 11.8. The highest BCUT2D eigenvalue weighted by Crippen LogP contribution is 2.32. The van der Waals surface area contributed by atoms with E-state index < -0.39 is 0 Å². The van der Waals surface area contributed by atoms with Gasteiger partial charge in [-0.3, -0.25) is 9.59 Å². The molecular weight excluding hydrogens is 553 g/mol. The smallest absolute Gasteiger partial charge is 0.273 e. The van der Waals surface area contributed by atoms with Crippen LogP contribution >= 0.6 is 34.5 Å². The Balaban J connectivity index is 1.01. The molecule has 0 spiro atoms. The van der Waals surface area contributed by atoms with Crippen LogP contribution in [0.1, 0.15) is 39.8 Å². The number of benzene rings is 2. The van der Waals surface area contributed by atoms with Crippen molar-refractivity contribution in [3.8, 4) is 0 Å². The molecule has 6 rings (SSSR count). The van der Waals surface area contributed by atoms with Crippen LogP contribution in [0.3, 0.4) is 0 Å². The molecule has 202 valence electrons. The molecule has 10 heteroatoms. The van der Waals surface area contributed by atoms with Gasteiger partial charge in [0.15, 0.2) is 0 Å². The summed E-state index contributed by atoms with van der Waals surface area (Å²) < 4.78 is 0. The molecule has 39 heavy (non-hydrogen) atoms. The van der Waals surface area contributed by atoms with Gasteiger partial charge in [-0.05, 0) is 42.7 Å². The quantitative estimate of drug-likeness (QED) is 0.321. The van der Waals surface area contributed by atoms with E-state index in [-0.39, 0.29) is 17.7 Å². The summed E-state index contributed by atoms with van der Waals surface area (Å²) in [7, 11) is 0. The maximum atomic E-state index is 13.2. The SMILES string of the molecule is O=C(Cc1c[nH]c2ccccc12)N1CCC(c2nc(C(=O)N3CCN(c4ccc(Cl)c(Cl)c4)CC3)cs2)CC1. The number of amides is 2. The number of aromatic amines is 1. The number of aromatic nitrogens is 2. The molecule has 4 aromatic rings. The Kier molecular flexibility index (Phi) is 7.51. The molecule has 1 N–H and O–H groups in total. The molecule has 0 bridgehead atoms. The predicted molar refractivity (Wildman–Crippen MR) is 157 cm³/mol. The fourth-order valence-corrected chi connectivity index (χ4v) is 6.77. The topological polar surface area (TPSA) is 72.5 Å². The highest BCUT2D eigenvalue weighted by Gasteiger charge is 2.29. The number of halogens is 2. The average molecular weight is 583 g/mol. The first-order chi connectivity index (χ1) is 19.0. The lowest BCUT2D eigenvalue weighted by Gasteiger charge is -2.36. The van der Waals surface area contributed by atoms with Gasteiger partial charge in [0, 0.05) is 73.4 Å². The van der Waals surface area contributed by atoms with Crippen LogP contribution in [-0.4, -0.2) is 70.9 Å². The third-order valence-electron chi connectivity index (χ3n) is 7.79. The van der Waals surface area contributed by atoms with Gasteiger partial charge in [-0.25, -0.2) is 4.98 Å². The molecule has 0 radical (unpaired) electrons. The van der Waals surface area contributed by atoms with Crippen molar-refractivity contribution in [3.63, 3.8) is 0 Å². The predicted octanol–water partition coefficient (Wildman–Crippen LogP) is 5.84. The van der Waals surface area contributed by atoms with Gasteiger partial charge < -0.3 is 19.7 Å². The van der Waals surface area contributed by atoms with Crippen molar-refractivity contribution in [3.05, 3.63) is 80.4 Å². The van der Waals surface area contributed by atoms with E-state index in [1.807, 2.05) is 51.7 Å². The van der Waals surface area contributed by atoms with Crippen LogP contribution in [0.2, 0.25) is 10.0 Å². The summed E-state index contributed by atoms with van der Waals surface area (Å²) in [4.78, 5) is 40.2. The Hall–Kier alpha value is -3.07. The minimum Gasteiger partial charge on any atom is -0.368 e. The van der Waals surface area contributed by atoms with E-state index in [0.29, 0.717) is 48.3 Å². The number of carbonyl (C=O) groups is 2. The second kappa shape index (κ2) is 11.2. The molecule has 0 unspecified atom stereocenters. The number of fused-ring (bicyclic) bond motifs is 1. The Morgan fingerprint density at radius 1 is 0.949 bits per heavy atom. The highest BCUT2D eigenvalue weighted by atomic mass is 35.5. The van der Waals surface area contributed by atoms with Crippen LogP contribution < -0.4 is 4.90 Å². The number of anilines is 1. The van der Waals surface area contributed by atoms with Gasteiger partial charge in [-0.15, -0.1) is 11.3 Å². The summed E-state index contributed by atoms with van der Waals surface area (Å²) in [6.45, 7) is 4.14. The standard InChI is InChI=1S/C29H29Cl2N5O2S/c30-23-6-5-21(16-24(23)31)34-11-13-36(14-12-34)29(38)26-18-39-28(33-26)19-7-9-35(10-8-19)27(37)15-20-17-32-25-4-2-1-3-22(20)25/h1-6,16-19,32H,7-15H2. The van der Waals surface area contributed by atoms with Crippen LogP contribution in [0.5, 0.6) is 0 Å². The van der Waals surface area contributed by atoms with E-state index in [1.54, 1.807) is 17.4 Å². The first-order valence-corrected chi connectivity index (χ1v) is 14.9. The Morgan fingerprint density at radius 3 is 2.49 bits per heavy atom. The summed E-state index contributed by atoms with van der Waals surface area (Å²) in [6.07, 6.45) is 4.08. The first-order valence-electron chi connectivity index (χ1n) is 13.2. The van der Waals surface area contributed by atoms with E-state index in [1.165, 1.54) is 0 Å². The zero-order valence-corrected chi connectivity index (χ0v) is 23.7. The first kappa shape index (κ1) is 26.2. The number of thiazole rings is 1. The number of likely N-dealkylation sites (tertiary alicyclic amines) is 1. The highest BCUT2D eigenvalue weighted by molar-refractivity contribution is 7.09. The number of nitrogens with zero attached hydrogens (tertiary/aromatic N) is 4. The molecule has 2 aromatic carbocycles. The number of para-hydroxylation sites is 1. The summed E-state index contributed by atoms with van der Waals surface area (Å²) in [5, 5.41) is 5.06. The number of hydrogen-bond acceptors (Lipinski definition) is 5. The van der Waals surface area contributed by atoms with E-state index in [4.69, 9.17) is 28.2 Å². The van der Waals surface area contributed by atoms with Crippen LogP contribution in [0, 0.1) is 0 Å². The van der Waals surface area contributed by atoms with Gasteiger partial charge >= 0.3 is 0 Å². The molecule has 0 saturated carbocycles. The third kappa shape index (κ3) is 5.51. The molecule has 2 fully saturated rings. The Bertz CT molecular complexity index is 1500. The van der Waals surface area contributed by atoms with Crippen molar-refractivity contribution in [2.75, 3.05) is 44.2 Å². The molecule has 4 heterocycles. The van der Waals surface area contributed by atoms with Crippen molar-refractivity contribution < 1.29 is 9.59 Å². The second-order valence-electron chi connectivity index (χ2n) is 10.1.